The van der Waals surface area contributed by atoms with E-state index in [4.69, 9.17) is 5.73 Å². The number of nitrogen functional groups attached to an aromatic ring is 1. The fraction of sp³-hybridized carbons (Fsp3) is 0.667. The Morgan fingerprint density at radius 3 is 2.55 bits per heavy atom. The summed E-state index contributed by atoms with van der Waals surface area (Å²) in [5.74, 6) is -1.11. The molecule has 0 bridgehead atoms. The molecule has 3 N–H and O–H groups in total. The number of hydrogen-bond acceptors (Lipinski definition) is 3. The van der Waals surface area contributed by atoms with E-state index in [1.165, 1.54) is 12.8 Å². The Morgan fingerprint density at radius 1 is 1.30 bits per heavy atom. The minimum Gasteiger partial charge on any atom is -0.381 e. The average molecular weight is 283 g/mol. The minimum atomic E-state index is -0.814. The molecule has 0 atom stereocenters. The van der Waals surface area contributed by atoms with Crippen LogP contribution in [0.2, 0.25) is 0 Å². The average Bonchev–Trinajstić information content (AvgIpc) is 2.80. The van der Waals surface area contributed by atoms with Gasteiger partial charge in [-0.05, 0) is 30.6 Å². The van der Waals surface area contributed by atoms with Gasteiger partial charge in [0.25, 0.3) is 0 Å². The van der Waals surface area contributed by atoms with Crippen LogP contribution >= 0.6 is 0 Å². The lowest BCUT2D eigenvalue weighted by Crippen LogP contribution is -2.29. The molecular weight excluding hydrogens is 260 g/mol. The SMILES string of the molecule is CC(C)CC1(CNc2nc(N)c(F)cc2F)CCCC1. The molecule has 2 rings (SSSR count). The first-order valence-corrected chi connectivity index (χ1v) is 7.27. The molecule has 0 spiro atoms. The Morgan fingerprint density at radius 2 is 1.95 bits per heavy atom. The van der Waals surface area contributed by atoms with Crippen LogP contribution in [-0.4, -0.2) is 11.5 Å². The van der Waals surface area contributed by atoms with Crippen LogP contribution in [0.1, 0.15) is 46.0 Å². The van der Waals surface area contributed by atoms with Crippen molar-refractivity contribution in [2.24, 2.45) is 11.3 Å². The standard InChI is InChI=1S/C15H23F2N3/c1-10(2)8-15(5-3-4-6-15)9-19-14-12(17)7-11(16)13(18)20-14/h7,10H,3-6,8-9H2,1-2H3,(H3,18,19,20). The van der Waals surface area contributed by atoms with Gasteiger partial charge < -0.3 is 11.1 Å². The first-order valence-electron chi connectivity index (χ1n) is 7.27. The zero-order valence-electron chi connectivity index (χ0n) is 12.2. The van der Waals surface area contributed by atoms with Crippen molar-refractivity contribution < 1.29 is 8.78 Å². The van der Waals surface area contributed by atoms with Gasteiger partial charge in [-0.3, -0.25) is 0 Å². The monoisotopic (exact) mass is 283 g/mol. The predicted octanol–water partition coefficient (Wildman–Crippen LogP) is 3.96. The summed E-state index contributed by atoms with van der Waals surface area (Å²) in [6.45, 7) is 5.07. The van der Waals surface area contributed by atoms with Crippen LogP contribution in [0.5, 0.6) is 0 Å². The summed E-state index contributed by atoms with van der Waals surface area (Å²) in [7, 11) is 0. The topological polar surface area (TPSA) is 50.9 Å². The molecule has 3 nitrogen and oxygen atoms in total. The van der Waals surface area contributed by atoms with Gasteiger partial charge in [0.05, 0.1) is 0 Å². The predicted molar refractivity (Wildman–Crippen MR) is 77.4 cm³/mol. The number of nitrogens with zero attached hydrogens (tertiary/aromatic N) is 1. The van der Waals surface area contributed by atoms with Crippen LogP contribution in [0.15, 0.2) is 6.07 Å². The molecule has 5 heteroatoms. The van der Waals surface area contributed by atoms with Gasteiger partial charge in [-0.25, -0.2) is 13.8 Å². The van der Waals surface area contributed by atoms with Crippen molar-refractivity contribution in [1.29, 1.82) is 0 Å². The number of nitrogens with two attached hydrogens (primary N) is 1. The van der Waals surface area contributed by atoms with E-state index in [-0.39, 0.29) is 17.1 Å². The van der Waals surface area contributed by atoms with E-state index in [0.717, 1.165) is 25.3 Å². The van der Waals surface area contributed by atoms with Gasteiger partial charge in [0, 0.05) is 12.6 Å². The van der Waals surface area contributed by atoms with E-state index in [1.54, 1.807) is 0 Å². The Bertz CT molecular complexity index is 468. The van der Waals surface area contributed by atoms with Gasteiger partial charge in [0.1, 0.15) is 0 Å². The Kier molecular flexibility index (Phi) is 4.45. The van der Waals surface area contributed by atoms with Gasteiger partial charge >= 0.3 is 0 Å². The molecule has 0 radical (unpaired) electrons. The molecule has 0 aromatic carbocycles. The van der Waals surface area contributed by atoms with Crippen molar-refractivity contribution in [1.82, 2.24) is 4.98 Å². The molecule has 1 heterocycles. The molecule has 0 unspecified atom stereocenters. The van der Waals surface area contributed by atoms with Crippen LogP contribution in [0, 0.1) is 23.0 Å². The van der Waals surface area contributed by atoms with Gasteiger partial charge in [0.2, 0.25) is 0 Å². The summed E-state index contributed by atoms with van der Waals surface area (Å²) in [4.78, 5) is 3.76. The normalized spacial score (nSPS) is 17.6. The molecule has 0 saturated heterocycles. The van der Waals surface area contributed by atoms with Gasteiger partial charge in [-0.1, -0.05) is 26.7 Å². The summed E-state index contributed by atoms with van der Waals surface area (Å²) in [5, 5.41) is 3.04. The Balaban J connectivity index is 2.08. The van der Waals surface area contributed by atoms with Crippen molar-refractivity contribution >= 4 is 11.6 Å². The summed E-state index contributed by atoms with van der Waals surface area (Å²) in [6, 6.07) is 0.786. The Labute approximate surface area is 119 Å². The van der Waals surface area contributed by atoms with Crippen LogP contribution in [0.3, 0.4) is 0 Å². The zero-order chi connectivity index (χ0) is 14.8. The molecule has 112 valence electrons. The first kappa shape index (κ1) is 15.0. The fourth-order valence-corrected chi connectivity index (χ4v) is 3.32. The third kappa shape index (κ3) is 3.38. The second-order valence-corrected chi connectivity index (χ2v) is 6.34. The maximum atomic E-state index is 13.7. The van der Waals surface area contributed by atoms with Crippen molar-refractivity contribution in [3.63, 3.8) is 0 Å². The van der Waals surface area contributed by atoms with Crippen molar-refractivity contribution in [2.75, 3.05) is 17.6 Å². The number of nitrogens with one attached hydrogen (secondary N) is 1. The highest BCUT2D eigenvalue weighted by molar-refractivity contribution is 5.45. The van der Waals surface area contributed by atoms with Crippen molar-refractivity contribution in [3.8, 4) is 0 Å². The van der Waals surface area contributed by atoms with Gasteiger partial charge in [-0.2, -0.15) is 0 Å². The van der Waals surface area contributed by atoms with Crippen LogP contribution in [-0.2, 0) is 0 Å². The molecule has 20 heavy (non-hydrogen) atoms. The lowest BCUT2D eigenvalue weighted by atomic mass is 9.78. The quantitative estimate of drug-likeness (QED) is 0.860. The molecular formula is C15H23F2N3. The highest BCUT2D eigenvalue weighted by Gasteiger charge is 2.34. The maximum absolute atomic E-state index is 13.7. The van der Waals surface area contributed by atoms with E-state index in [0.29, 0.717) is 12.5 Å². The summed E-state index contributed by atoms with van der Waals surface area (Å²) in [5.41, 5.74) is 5.59. The highest BCUT2D eigenvalue weighted by atomic mass is 19.1. The first-order chi connectivity index (χ1) is 9.42. The van der Waals surface area contributed by atoms with Gasteiger partial charge in [-0.15, -0.1) is 0 Å². The number of aromatic nitrogens is 1. The third-order valence-electron chi connectivity index (χ3n) is 4.09. The lowest BCUT2D eigenvalue weighted by molar-refractivity contribution is 0.252. The van der Waals surface area contributed by atoms with Gasteiger partial charge in [0.15, 0.2) is 23.3 Å². The molecule has 1 aromatic rings. The maximum Gasteiger partial charge on any atom is 0.168 e. The summed E-state index contributed by atoms with van der Waals surface area (Å²) < 4.78 is 26.8. The number of anilines is 2. The van der Waals surface area contributed by atoms with Crippen molar-refractivity contribution in [2.45, 2.75) is 46.0 Å². The molecule has 1 saturated carbocycles. The van der Waals surface area contributed by atoms with Crippen LogP contribution < -0.4 is 11.1 Å². The minimum absolute atomic E-state index is 0.0546. The second-order valence-electron chi connectivity index (χ2n) is 6.34. The van der Waals surface area contributed by atoms with Crippen molar-refractivity contribution in [3.05, 3.63) is 17.7 Å². The van der Waals surface area contributed by atoms with Crippen LogP contribution in [0.4, 0.5) is 20.4 Å². The molecule has 0 aliphatic heterocycles. The third-order valence-corrected chi connectivity index (χ3v) is 4.09. The molecule has 1 aliphatic carbocycles. The highest BCUT2D eigenvalue weighted by Crippen LogP contribution is 2.43. The van der Waals surface area contributed by atoms with E-state index in [1.807, 2.05) is 0 Å². The van der Waals surface area contributed by atoms with Crippen LogP contribution in [0.25, 0.3) is 0 Å². The molecule has 0 amide bonds. The second kappa shape index (κ2) is 5.94. The summed E-state index contributed by atoms with van der Waals surface area (Å²) in [6.07, 6.45) is 5.84. The Hall–Kier alpha value is -1.39. The largest absolute Gasteiger partial charge is 0.381 e. The number of pyridine rings is 1. The van der Waals surface area contributed by atoms with E-state index < -0.39 is 11.6 Å². The lowest BCUT2D eigenvalue weighted by Gasteiger charge is -2.31. The van der Waals surface area contributed by atoms with E-state index in [2.05, 4.69) is 24.1 Å². The zero-order valence-corrected chi connectivity index (χ0v) is 12.2. The fourth-order valence-electron chi connectivity index (χ4n) is 3.32. The number of halogens is 2. The molecule has 1 aliphatic rings. The van der Waals surface area contributed by atoms with E-state index in [9.17, 15) is 8.78 Å². The number of rotatable bonds is 5. The summed E-state index contributed by atoms with van der Waals surface area (Å²) >= 11 is 0. The molecule has 1 fully saturated rings. The number of hydrogen-bond donors (Lipinski definition) is 2. The molecule has 1 aromatic heterocycles. The van der Waals surface area contributed by atoms with E-state index >= 15 is 0 Å². The smallest absolute Gasteiger partial charge is 0.168 e.